The molecule has 0 atom stereocenters. The van der Waals surface area contributed by atoms with Gasteiger partial charge in [-0.3, -0.25) is 4.79 Å². The summed E-state index contributed by atoms with van der Waals surface area (Å²) in [4.78, 5) is 16.4. The minimum absolute atomic E-state index is 0.0539. The summed E-state index contributed by atoms with van der Waals surface area (Å²) in [6.07, 6.45) is 0. The van der Waals surface area contributed by atoms with Gasteiger partial charge in [0.2, 0.25) is 0 Å². The van der Waals surface area contributed by atoms with Crippen molar-refractivity contribution in [2.24, 2.45) is 0 Å². The lowest BCUT2D eigenvalue weighted by atomic mass is 10.1. The third kappa shape index (κ3) is 2.70. The number of carbonyl (C=O) groups excluding carboxylic acids is 1. The average molecular weight is 282 g/mol. The number of rotatable bonds is 3. The lowest BCUT2D eigenvalue weighted by Gasteiger charge is -2.06. The van der Waals surface area contributed by atoms with Gasteiger partial charge >= 0.3 is 0 Å². The molecule has 0 saturated carbocycles. The van der Waals surface area contributed by atoms with Crippen molar-refractivity contribution >= 4 is 27.5 Å². The van der Waals surface area contributed by atoms with Crippen molar-refractivity contribution in [3.8, 4) is 0 Å². The maximum atomic E-state index is 12.1. The number of fused-ring (bicyclic) bond motifs is 1. The van der Waals surface area contributed by atoms with E-state index in [1.165, 1.54) is 5.56 Å². The highest BCUT2D eigenvalue weighted by Crippen LogP contribution is 2.19. The van der Waals surface area contributed by atoms with Crippen molar-refractivity contribution in [1.29, 1.82) is 0 Å². The molecule has 4 heteroatoms. The van der Waals surface area contributed by atoms with Crippen molar-refractivity contribution in [1.82, 2.24) is 10.3 Å². The molecule has 20 heavy (non-hydrogen) atoms. The van der Waals surface area contributed by atoms with Gasteiger partial charge in [0, 0.05) is 12.1 Å². The second-order valence-electron chi connectivity index (χ2n) is 4.71. The van der Waals surface area contributed by atoms with Crippen LogP contribution in [0.5, 0.6) is 0 Å². The zero-order valence-electron chi connectivity index (χ0n) is 11.1. The van der Waals surface area contributed by atoms with Gasteiger partial charge in [0.05, 0.1) is 15.7 Å². The lowest BCUT2D eigenvalue weighted by Crippen LogP contribution is -2.22. The van der Waals surface area contributed by atoms with Gasteiger partial charge in [-0.1, -0.05) is 29.8 Å². The molecule has 0 aliphatic heterocycles. The molecule has 3 aromatic rings. The Hall–Kier alpha value is -2.20. The molecule has 0 spiro atoms. The molecule has 1 amide bonds. The number of hydrogen-bond donors (Lipinski definition) is 1. The van der Waals surface area contributed by atoms with Gasteiger partial charge in [0.1, 0.15) is 0 Å². The van der Waals surface area contributed by atoms with Crippen LogP contribution in [0.15, 0.2) is 48.0 Å². The van der Waals surface area contributed by atoms with Crippen LogP contribution in [0.4, 0.5) is 0 Å². The fourth-order valence-electron chi connectivity index (χ4n) is 2.10. The first-order valence-corrected chi connectivity index (χ1v) is 7.27. The van der Waals surface area contributed by atoms with E-state index in [4.69, 9.17) is 0 Å². The highest BCUT2D eigenvalue weighted by atomic mass is 32.1. The summed E-state index contributed by atoms with van der Waals surface area (Å²) in [5, 5.41) is 2.94. The molecule has 3 nitrogen and oxygen atoms in total. The second-order valence-corrected chi connectivity index (χ2v) is 5.59. The third-order valence-corrected chi connectivity index (χ3v) is 3.92. The molecular formula is C16H14N2OS. The van der Waals surface area contributed by atoms with Crippen LogP contribution in [0.1, 0.15) is 21.5 Å². The van der Waals surface area contributed by atoms with Crippen LogP contribution in [0.25, 0.3) is 10.2 Å². The van der Waals surface area contributed by atoms with Crippen molar-refractivity contribution in [3.05, 3.63) is 64.7 Å². The molecular weight excluding hydrogens is 268 g/mol. The van der Waals surface area contributed by atoms with Crippen molar-refractivity contribution in [2.45, 2.75) is 13.5 Å². The number of amides is 1. The number of aryl methyl sites for hydroxylation is 1. The van der Waals surface area contributed by atoms with E-state index in [-0.39, 0.29) is 5.91 Å². The molecule has 2 aromatic carbocycles. The fraction of sp³-hybridized carbons (Fsp3) is 0.125. The Morgan fingerprint density at radius 3 is 3.00 bits per heavy atom. The van der Waals surface area contributed by atoms with Crippen LogP contribution in [0.3, 0.4) is 0 Å². The Balaban J connectivity index is 1.72. The summed E-state index contributed by atoms with van der Waals surface area (Å²) in [7, 11) is 0. The quantitative estimate of drug-likeness (QED) is 0.798. The minimum atomic E-state index is -0.0539. The van der Waals surface area contributed by atoms with E-state index >= 15 is 0 Å². The molecule has 0 aliphatic carbocycles. The number of nitrogens with one attached hydrogen (secondary N) is 1. The van der Waals surface area contributed by atoms with E-state index in [2.05, 4.69) is 16.4 Å². The first kappa shape index (κ1) is 12.8. The molecule has 0 unspecified atom stereocenters. The number of hydrogen-bond acceptors (Lipinski definition) is 3. The van der Waals surface area contributed by atoms with Crippen LogP contribution in [0.2, 0.25) is 0 Å². The van der Waals surface area contributed by atoms with Crippen molar-refractivity contribution in [3.63, 3.8) is 0 Å². The van der Waals surface area contributed by atoms with Gasteiger partial charge in [-0.2, -0.15) is 0 Å². The third-order valence-electron chi connectivity index (χ3n) is 3.13. The van der Waals surface area contributed by atoms with Crippen LogP contribution in [0, 0.1) is 6.92 Å². The van der Waals surface area contributed by atoms with E-state index < -0.39 is 0 Å². The average Bonchev–Trinajstić information content (AvgIpc) is 2.92. The first-order valence-electron chi connectivity index (χ1n) is 6.39. The van der Waals surface area contributed by atoms with Crippen LogP contribution in [-0.2, 0) is 6.54 Å². The zero-order chi connectivity index (χ0) is 13.9. The second kappa shape index (κ2) is 5.43. The van der Waals surface area contributed by atoms with Gasteiger partial charge in [-0.05, 0) is 30.7 Å². The largest absolute Gasteiger partial charge is 0.348 e. The van der Waals surface area contributed by atoms with Gasteiger partial charge in [-0.15, -0.1) is 11.3 Å². The SMILES string of the molecule is Cc1cccc(CNC(=O)c2ccc3ncsc3c2)c1. The smallest absolute Gasteiger partial charge is 0.251 e. The summed E-state index contributed by atoms with van der Waals surface area (Å²) in [5.74, 6) is -0.0539. The standard InChI is InChI=1S/C16H14N2OS/c1-11-3-2-4-12(7-11)9-17-16(19)13-5-6-14-15(8-13)20-10-18-14/h2-8,10H,9H2,1H3,(H,17,19). The molecule has 0 saturated heterocycles. The number of thiazole rings is 1. The molecule has 0 bridgehead atoms. The van der Waals surface area contributed by atoms with Crippen molar-refractivity contribution < 1.29 is 4.79 Å². The summed E-state index contributed by atoms with van der Waals surface area (Å²) in [6.45, 7) is 2.59. The van der Waals surface area contributed by atoms with Gasteiger partial charge in [0.25, 0.3) is 5.91 Å². The number of benzene rings is 2. The highest BCUT2D eigenvalue weighted by Gasteiger charge is 2.07. The molecule has 0 radical (unpaired) electrons. The lowest BCUT2D eigenvalue weighted by molar-refractivity contribution is 0.0951. The Bertz CT molecular complexity index is 764. The fourth-order valence-corrected chi connectivity index (χ4v) is 2.82. The summed E-state index contributed by atoms with van der Waals surface area (Å²) in [5.41, 5.74) is 5.71. The van der Waals surface area contributed by atoms with Gasteiger partial charge < -0.3 is 5.32 Å². The maximum absolute atomic E-state index is 12.1. The van der Waals surface area contributed by atoms with E-state index in [9.17, 15) is 4.79 Å². The minimum Gasteiger partial charge on any atom is -0.348 e. The zero-order valence-corrected chi connectivity index (χ0v) is 11.9. The predicted octanol–water partition coefficient (Wildman–Crippen LogP) is 3.53. The first-order chi connectivity index (χ1) is 9.72. The molecule has 1 aromatic heterocycles. The Morgan fingerprint density at radius 2 is 2.15 bits per heavy atom. The summed E-state index contributed by atoms with van der Waals surface area (Å²) in [6, 6.07) is 13.7. The van der Waals surface area contributed by atoms with Crippen molar-refractivity contribution in [2.75, 3.05) is 0 Å². The van der Waals surface area contributed by atoms with Crippen LogP contribution in [-0.4, -0.2) is 10.9 Å². The van der Waals surface area contributed by atoms with E-state index in [1.807, 2.05) is 43.3 Å². The molecule has 1 N–H and O–H groups in total. The molecule has 100 valence electrons. The van der Waals surface area contributed by atoms with E-state index in [1.54, 1.807) is 16.8 Å². The molecule has 1 heterocycles. The predicted molar refractivity (Wildman–Crippen MR) is 82.0 cm³/mol. The Kier molecular flexibility index (Phi) is 3.48. The maximum Gasteiger partial charge on any atom is 0.251 e. The molecule has 0 fully saturated rings. The topological polar surface area (TPSA) is 42.0 Å². The Morgan fingerprint density at radius 1 is 1.25 bits per heavy atom. The van der Waals surface area contributed by atoms with Crippen LogP contribution >= 0.6 is 11.3 Å². The monoisotopic (exact) mass is 282 g/mol. The van der Waals surface area contributed by atoms with Gasteiger partial charge in [-0.25, -0.2) is 4.98 Å². The van der Waals surface area contributed by atoms with E-state index in [0.29, 0.717) is 12.1 Å². The van der Waals surface area contributed by atoms with E-state index in [0.717, 1.165) is 15.8 Å². The number of nitrogens with zero attached hydrogens (tertiary/aromatic N) is 1. The highest BCUT2D eigenvalue weighted by molar-refractivity contribution is 7.16. The summed E-state index contributed by atoms with van der Waals surface area (Å²) < 4.78 is 1.04. The number of carbonyl (C=O) groups is 1. The number of aromatic nitrogens is 1. The van der Waals surface area contributed by atoms with Crippen LogP contribution < -0.4 is 5.32 Å². The van der Waals surface area contributed by atoms with Gasteiger partial charge in [0.15, 0.2) is 0 Å². The molecule has 3 rings (SSSR count). The summed E-state index contributed by atoms with van der Waals surface area (Å²) >= 11 is 1.54. The molecule has 0 aliphatic rings. The normalized spacial score (nSPS) is 10.7. The Labute approximate surface area is 121 Å².